The summed E-state index contributed by atoms with van der Waals surface area (Å²) in [7, 11) is 1.85. The van der Waals surface area contributed by atoms with Crippen LogP contribution in [0, 0.1) is 5.95 Å². The molecule has 150 valence electrons. The molecule has 0 spiro atoms. The van der Waals surface area contributed by atoms with Crippen LogP contribution < -0.4 is 5.01 Å². The van der Waals surface area contributed by atoms with E-state index in [2.05, 4.69) is 31.0 Å². The Morgan fingerprint density at radius 2 is 1.97 bits per heavy atom. The lowest BCUT2D eigenvalue weighted by Gasteiger charge is -2.38. The van der Waals surface area contributed by atoms with E-state index in [9.17, 15) is 9.18 Å². The van der Waals surface area contributed by atoms with Crippen LogP contribution in [0.3, 0.4) is 0 Å². The third kappa shape index (κ3) is 3.21. The molecular formula is C21H16BrFN6O. The normalized spacial score (nSPS) is 13.6. The molecule has 0 radical (unpaired) electrons. The number of pyridine rings is 1. The SMILES string of the molecule is CN1c2ccc(-c3ccnc(F)c3)cc2CCN1C(=O)c1cc2ncc(Br)cn2n1. The molecular weight excluding hydrogens is 451 g/mol. The van der Waals surface area contributed by atoms with Crippen molar-refractivity contribution in [1.82, 2.24) is 24.6 Å². The number of halogens is 2. The van der Waals surface area contributed by atoms with E-state index in [0.29, 0.717) is 24.3 Å². The number of carbonyl (C=O) groups is 1. The fourth-order valence-electron chi connectivity index (χ4n) is 3.70. The molecule has 0 aliphatic carbocycles. The monoisotopic (exact) mass is 466 g/mol. The van der Waals surface area contributed by atoms with Gasteiger partial charge in [0.05, 0.1) is 10.2 Å². The molecule has 9 heteroatoms. The number of amides is 1. The van der Waals surface area contributed by atoms with Gasteiger partial charge in [0.25, 0.3) is 5.91 Å². The van der Waals surface area contributed by atoms with Crippen LogP contribution in [0.5, 0.6) is 0 Å². The minimum Gasteiger partial charge on any atom is -0.285 e. The summed E-state index contributed by atoms with van der Waals surface area (Å²) < 4.78 is 15.8. The summed E-state index contributed by atoms with van der Waals surface area (Å²) in [4.78, 5) is 21.0. The first-order valence-corrected chi connectivity index (χ1v) is 10.1. The molecule has 5 rings (SSSR count). The zero-order chi connectivity index (χ0) is 20.8. The van der Waals surface area contributed by atoms with E-state index in [-0.39, 0.29) is 5.91 Å². The first-order valence-electron chi connectivity index (χ1n) is 9.31. The molecule has 4 aromatic rings. The molecule has 1 aliphatic rings. The van der Waals surface area contributed by atoms with E-state index in [1.807, 2.05) is 30.3 Å². The number of nitrogens with zero attached hydrogens (tertiary/aromatic N) is 6. The first kappa shape index (κ1) is 18.7. The maximum absolute atomic E-state index is 13.5. The van der Waals surface area contributed by atoms with Gasteiger partial charge >= 0.3 is 0 Å². The highest BCUT2D eigenvalue weighted by atomic mass is 79.9. The smallest absolute Gasteiger partial charge is 0.285 e. The Labute approximate surface area is 179 Å². The van der Waals surface area contributed by atoms with Crippen LogP contribution in [0.2, 0.25) is 0 Å². The average molecular weight is 467 g/mol. The lowest BCUT2D eigenvalue weighted by atomic mass is 9.99. The number of hydrogen-bond acceptors (Lipinski definition) is 5. The van der Waals surface area contributed by atoms with Gasteiger partial charge in [-0.05, 0) is 57.2 Å². The molecule has 0 saturated carbocycles. The van der Waals surface area contributed by atoms with Gasteiger partial charge in [-0.15, -0.1) is 0 Å². The Hall–Kier alpha value is -3.33. The van der Waals surface area contributed by atoms with Crippen molar-refractivity contribution in [1.29, 1.82) is 0 Å². The van der Waals surface area contributed by atoms with Gasteiger partial charge in [-0.1, -0.05) is 6.07 Å². The lowest BCUT2D eigenvalue weighted by molar-refractivity contribution is 0.0732. The molecule has 1 aromatic carbocycles. The summed E-state index contributed by atoms with van der Waals surface area (Å²) in [5, 5.41) is 7.88. The molecule has 0 N–H and O–H groups in total. The highest BCUT2D eigenvalue weighted by molar-refractivity contribution is 9.10. The Morgan fingerprint density at radius 3 is 2.80 bits per heavy atom. The quantitative estimate of drug-likeness (QED) is 0.421. The van der Waals surface area contributed by atoms with E-state index >= 15 is 0 Å². The van der Waals surface area contributed by atoms with Gasteiger partial charge in [0, 0.05) is 44.3 Å². The van der Waals surface area contributed by atoms with Crippen molar-refractivity contribution in [3.63, 3.8) is 0 Å². The number of hydrogen-bond donors (Lipinski definition) is 0. The van der Waals surface area contributed by atoms with Crippen LogP contribution >= 0.6 is 15.9 Å². The molecule has 1 aliphatic heterocycles. The molecule has 0 bridgehead atoms. The topological polar surface area (TPSA) is 66.6 Å². The molecule has 30 heavy (non-hydrogen) atoms. The number of aromatic nitrogens is 4. The van der Waals surface area contributed by atoms with Gasteiger partial charge in [0.15, 0.2) is 11.3 Å². The van der Waals surface area contributed by atoms with Crippen LogP contribution in [0.1, 0.15) is 16.1 Å². The van der Waals surface area contributed by atoms with Gasteiger partial charge < -0.3 is 0 Å². The van der Waals surface area contributed by atoms with Crippen molar-refractivity contribution >= 4 is 33.2 Å². The van der Waals surface area contributed by atoms with Crippen molar-refractivity contribution in [2.45, 2.75) is 6.42 Å². The second-order valence-electron chi connectivity index (χ2n) is 7.02. The number of benzene rings is 1. The predicted octanol–water partition coefficient (Wildman–Crippen LogP) is 3.74. The highest BCUT2D eigenvalue weighted by Gasteiger charge is 2.28. The van der Waals surface area contributed by atoms with E-state index in [4.69, 9.17) is 0 Å². The summed E-state index contributed by atoms with van der Waals surface area (Å²) in [5.74, 6) is -0.696. The third-order valence-corrected chi connectivity index (χ3v) is 5.59. The summed E-state index contributed by atoms with van der Waals surface area (Å²) in [6.07, 6.45) is 5.57. The van der Waals surface area contributed by atoms with Gasteiger partial charge in [-0.3, -0.25) is 9.80 Å². The highest BCUT2D eigenvalue weighted by Crippen LogP contribution is 2.32. The van der Waals surface area contributed by atoms with Crippen LogP contribution in [-0.4, -0.2) is 44.1 Å². The van der Waals surface area contributed by atoms with E-state index in [0.717, 1.165) is 26.9 Å². The summed E-state index contributed by atoms with van der Waals surface area (Å²) in [6.45, 7) is 0.515. The standard InChI is InChI=1S/C21H16BrFN6O/c1-27-18-3-2-13(14-4-6-24-19(23)9-14)8-15(18)5-7-29(27)21(30)17-10-20-25-11-16(22)12-28(20)26-17/h2-4,6,8-12H,5,7H2,1H3. The summed E-state index contributed by atoms with van der Waals surface area (Å²) in [5.41, 5.74) is 4.65. The maximum atomic E-state index is 13.5. The Morgan fingerprint density at radius 1 is 1.13 bits per heavy atom. The minimum atomic E-state index is -0.506. The number of hydrazine groups is 1. The maximum Gasteiger partial charge on any atom is 0.292 e. The molecule has 0 saturated heterocycles. The van der Waals surface area contributed by atoms with Gasteiger partial charge in [0.2, 0.25) is 5.95 Å². The molecule has 3 aromatic heterocycles. The molecule has 4 heterocycles. The largest absolute Gasteiger partial charge is 0.292 e. The van der Waals surface area contributed by atoms with Crippen molar-refractivity contribution in [2.75, 3.05) is 18.6 Å². The Bertz CT molecular complexity index is 1290. The summed E-state index contributed by atoms with van der Waals surface area (Å²) >= 11 is 3.36. The van der Waals surface area contributed by atoms with Gasteiger partial charge in [0.1, 0.15) is 0 Å². The van der Waals surface area contributed by atoms with Crippen molar-refractivity contribution in [3.8, 4) is 11.1 Å². The molecule has 0 fully saturated rings. The van der Waals surface area contributed by atoms with Gasteiger partial charge in [-0.2, -0.15) is 9.49 Å². The number of anilines is 1. The molecule has 0 unspecified atom stereocenters. The fourth-order valence-corrected chi connectivity index (χ4v) is 3.99. The van der Waals surface area contributed by atoms with E-state index in [1.165, 1.54) is 12.3 Å². The number of rotatable bonds is 2. The third-order valence-electron chi connectivity index (χ3n) is 5.18. The van der Waals surface area contributed by atoms with Crippen molar-refractivity contribution < 1.29 is 9.18 Å². The predicted molar refractivity (Wildman–Crippen MR) is 113 cm³/mol. The number of carbonyl (C=O) groups excluding carboxylic acids is 1. The van der Waals surface area contributed by atoms with E-state index < -0.39 is 5.95 Å². The average Bonchev–Trinajstić information content (AvgIpc) is 3.16. The van der Waals surface area contributed by atoms with Crippen molar-refractivity contribution in [2.24, 2.45) is 0 Å². The second-order valence-corrected chi connectivity index (χ2v) is 7.93. The minimum absolute atomic E-state index is 0.190. The molecule has 7 nitrogen and oxygen atoms in total. The molecule has 1 amide bonds. The Balaban J connectivity index is 1.44. The number of fused-ring (bicyclic) bond motifs is 2. The van der Waals surface area contributed by atoms with E-state index in [1.54, 1.807) is 34.1 Å². The van der Waals surface area contributed by atoms with Crippen molar-refractivity contribution in [3.05, 3.63) is 76.7 Å². The van der Waals surface area contributed by atoms with Gasteiger partial charge in [-0.25, -0.2) is 19.5 Å². The molecule has 0 atom stereocenters. The zero-order valence-corrected chi connectivity index (χ0v) is 17.5. The fraction of sp³-hybridized carbons (Fsp3) is 0.143. The Kier molecular flexibility index (Phi) is 4.47. The van der Waals surface area contributed by atoms with Crippen LogP contribution in [-0.2, 0) is 6.42 Å². The van der Waals surface area contributed by atoms with Crippen LogP contribution in [0.4, 0.5) is 10.1 Å². The van der Waals surface area contributed by atoms with Crippen LogP contribution in [0.25, 0.3) is 16.8 Å². The lowest BCUT2D eigenvalue weighted by Crippen LogP contribution is -2.48. The zero-order valence-electron chi connectivity index (χ0n) is 16.0. The van der Waals surface area contributed by atoms with Crippen LogP contribution in [0.15, 0.2) is 59.5 Å². The first-order chi connectivity index (χ1) is 14.5. The summed E-state index contributed by atoms with van der Waals surface area (Å²) in [6, 6.07) is 10.8. The second kappa shape index (κ2) is 7.17.